The average molecular weight is 346 g/mol. The van der Waals surface area contributed by atoms with Crippen molar-refractivity contribution >= 4 is 33.8 Å². The zero-order chi connectivity index (χ0) is 18.3. The molecule has 4 heterocycles. The van der Waals surface area contributed by atoms with Crippen LogP contribution >= 0.6 is 0 Å². The lowest BCUT2D eigenvalue weighted by molar-refractivity contribution is -0.112. The Balaban J connectivity index is 2.07. The van der Waals surface area contributed by atoms with Crippen LogP contribution < -0.4 is 0 Å². The molecule has 6 heteroatoms. The van der Waals surface area contributed by atoms with Gasteiger partial charge in [-0.1, -0.05) is 0 Å². The second-order valence-corrected chi connectivity index (χ2v) is 6.05. The molecule has 4 aromatic rings. The van der Waals surface area contributed by atoms with Gasteiger partial charge in [0.1, 0.15) is 11.5 Å². The van der Waals surface area contributed by atoms with E-state index in [-0.39, 0.29) is 5.78 Å². The summed E-state index contributed by atoms with van der Waals surface area (Å²) in [6.07, 6.45) is 9.22. The number of allylic oxidation sites excluding steroid dienone is 1. The number of hydrogen-bond acceptors (Lipinski definition) is 4. The molecule has 0 spiro atoms. The van der Waals surface area contributed by atoms with E-state index in [9.17, 15) is 9.18 Å². The van der Waals surface area contributed by atoms with Crippen LogP contribution in [0.15, 0.2) is 49.1 Å². The minimum atomic E-state index is -0.470. The maximum Gasteiger partial charge on any atom is 0.152 e. The molecule has 0 aromatic carbocycles. The molecule has 0 amide bonds. The van der Waals surface area contributed by atoms with Gasteiger partial charge in [-0.25, -0.2) is 9.37 Å². The van der Waals surface area contributed by atoms with Crippen LogP contribution in [-0.4, -0.2) is 25.3 Å². The van der Waals surface area contributed by atoms with Gasteiger partial charge in [0.2, 0.25) is 0 Å². The lowest BCUT2D eigenvalue weighted by Gasteiger charge is -2.02. The van der Waals surface area contributed by atoms with E-state index >= 15 is 0 Å². The van der Waals surface area contributed by atoms with Crippen molar-refractivity contribution in [2.24, 2.45) is 7.05 Å². The highest BCUT2D eigenvalue weighted by molar-refractivity contribution is 6.11. The summed E-state index contributed by atoms with van der Waals surface area (Å²) in [7, 11) is 1.86. The van der Waals surface area contributed by atoms with E-state index in [4.69, 9.17) is 0 Å². The normalized spacial score (nSPS) is 11.7. The first kappa shape index (κ1) is 16.1. The van der Waals surface area contributed by atoms with Crippen LogP contribution in [0.1, 0.15) is 12.5 Å². The van der Waals surface area contributed by atoms with Crippen LogP contribution in [0.25, 0.3) is 39.3 Å². The predicted octanol–water partition coefficient (Wildman–Crippen LogP) is 3.92. The van der Waals surface area contributed by atoms with Gasteiger partial charge >= 0.3 is 0 Å². The van der Waals surface area contributed by atoms with Crippen molar-refractivity contribution < 1.29 is 9.18 Å². The van der Waals surface area contributed by atoms with Crippen molar-refractivity contribution in [1.29, 1.82) is 0 Å². The van der Waals surface area contributed by atoms with E-state index < -0.39 is 5.82 Å². The van der Waals surface area contributed by atoms with Crippen LogP contribution in [0.3, 0.4) is 0 Å². The molecular formula is C20H15FN4O. The fourth-order valence-corrected chi connectivity index (χ4v) is 3.08. The molecule has 0 aliphatic carbocycles. The summed E-state index contributed by atoms with van der Waals surface area (Å²) in [5.41, 5.74) is 3.43. The number of carbonyl (C=O) groups is 1. The van der Waals surface area contributed by atoms with E-state index in [1.165, 1.54) is 25.3 Å². The molecule has 0 bridgehead atoms. The second kappa shape index (κ2) is 6.15. The molecule has 4 rings (SSSR count). The highest BCUT2D eigenvalue weighted by atomic mass is 19.1. The average Bonchev–Trinajstić information content (AvgIpc) is 2.93. The van der Waals surface area contributed by atoms with Gasteiger partial charge < -0.3 is 4.57 Å². The Labute approximate surface area is 148 Å². The fraction of sp³-hybridized carbons (Fsp3) is 0.100. The molecule has 128 valence electrons. The molecule has 0 saturated carbocycles. The monoisotopic (exact) mass is 346 g/mol. The summed E-state index contributed by atoms with van der Waals surface area (Å²) in [5.74, 6) is -0.616. The molecule has 5 nitrogen and oxygen atoms in total. The first-order valence-corrected chi connectivity index (χ1v) is 8.08. The minimum absolute atomic E-state index is 0.146. The fourth-order valence-electron chi connectivity index (χ4n) is 3.08. The molecule has 4 aromatic heterocycles. The molecule has 0 fully saturated rings. The number of rotatable bonds is 3. The van der Waals surface area contributed by atoms with Gasteiger partial charge in [0.25, 0.3) is 0 Å². The number of aryl methyl sites for hydroxylation is 1. The summed E-state index contributed by atoms with van der Waals surface area (Å²) in [4.78, 5) is 24.2. The first-order chi connectivity index (χ1) is 12.6. The molecule has 0 saturated heterocycles. The number of aromatic nitrogens is 4. The SMILES string of the molecule is CC(=O)/C=C/c1c(F)cnc2c1c1cc(-c3cccnc3)ncc1n2C. The van der Waals surface area contributed by atoms with E-state index in [1.807, 2.05) is 29.8 Å². The summed E-state index contributed by atoms with van der Waals surface area (Å²) >= 11 is 0. The van der Waals surface area contributed by atoms with E-state index in [1.54, 1.807) is 18.6 Å². The topological polar surface area (TPSA) is 60.7 Å². The molecule has 0 aliphatic heterocycles. The van der Waals surface area contributed by atoms with Crippen molar-refractivity contribution in [3.63, 3.8) is 0 Å². The molecule has 0 atom stereocenters. The Bertz CT molecular complexity index is 1180. The van der Waals surface area contributed by atoms with Crippen molar-refractivity contribution in [3.8, 4) is 11.3 Å². The Kier molecular flexibility index (Phi) is 3.80. The molecular weight excluding hydrogens is 331 g/mol. The Hall–Kier alpha value is -3.41. The van der Waals surface area contributed by atoms with Crippen LogP contribution in [-0.2, 0) is 11.8 Å². The Morgan fingerprint density at radius 1 is 1.23 bits per heavy atom. The van der Waals surface area contributed by atoms with Gasteiger partial charge in [-0.2, -0.15) is 0 Å². The first-order valence-electron chi connectivity index (χ1n) is 8.08. The second-order valence-electron chi connectivity index (χ2n) is 6.05. The third-order valence-electron chi connectivity index (χ3n) is 4.32. The number of carbonyl (C=O) groups excluding carboxylic acids is 1. The number of ketones is 1. The minimum Gasteiger partial charge on any atom is -0.327 e. The maximum atomic E-state index is 14.5. The standard InChI is InChI=1S/C20H15FN4O/c1-12(26)5-6-14-16(21)10-24-20-19(14)15-8-17(13-4-3-7-22-9-13)23-11-18(15)25(20)2/h3-11H,1-2H3/b6-5+. The van der Waals surface area contributed by atoms with Crippen LogP contribution in [0.4, 0.5) is 4.39 Å². The van der Waals surface area contributed by atoms with Crippen molar-refractivity contribution in [2.75, 3.05) is 0 Å². The van der Waals surface area contributed by atoms with Crippen molar-refractivity contribution in [3.05, 3.63) is 60.4 Å². The maximum absolute atomic E-state index is 14.5. The van der Waals surface area contributed by atoms with E-state index in [0.29, 0.717) is 16.6 Å². The number of halogens is 1. The van der Waals surface area contributed by atoms with Crippen LogP contribution in [0, 0.1) is 5.82 Å². The zero-order valence-corrected chi connectivity index (χ0v) is 14.3. The summed E-state index contributed by atoms with van der Waals surface area (Å²) in [6, 6.07) is 5.66. The van der Waals surface area contributed by atoms with Crippen molar-refractivity contribution in [1.82, 2.24) is 19.5 Å². The molecule has 26 heavy (non-hydrogen) atoms. The van der Waals surface area contributed by atoms with E-state index in [2.05, 4.69) is 15.0 Å². The molecule has 0 radical (unpaired) electrons. The smallest absolute Gasteiger partial charge is 0.152 e. The highest BCUT2D eigenvalue weighted by Gasteiger charge is 2.16. The molecule has 0 aliphatic rings. The van der Waals surface area contributed by atoms with Gasteiger partial charge in [0.05, 0.1) is 23.6 Å². The number of hydrogen-bond donors (Lipinski definition) is 0. The Morgan fingerprint density at radius 3 is 2.81 bits per heavy atom. The van der Waals surface area contributed by atoms with Gasteiger partial charge in [0.15, 0.2) is 5.78 Å². The van der Waals surface area contributed by atoms with Crippen LogP contribution in [0.2, 0.25) is 0 Å². The Morgan fingerprint density at radius 2 is 2.08 bits per heavy atom. The van der Waals surface area contributed by atoms with E-state index in [0.717, 1.165) is 22.2 Å². The number of fused-ring (bicyclic) bond motifs is 3. The largest absolute Gasteiger partial charge is 0.327 e. The van der Waals surface area contributed by atoms with Gasteiger partial charge in [-0.05, 0) is 37.3 Å². The summed E-state index contributed by atoms with van der Waals surface area (Å²) in [5, 5.41) is 1.49. The highest BCUT2D eigenvalue weighted by Crippen LogP contribution is 2.33. The zero-order valence-electron chi connectivity index (χ0n) is 14.3. The molecule has 0 N–H and O–H groups in total. The van der Waals surface area contributed by atoms with Crippen molar-refractivity contribution in [2.45, 2.75) is 6.92 Å². The quantitative estimate of drug-likeness (QED) is 0.528. The lowest BCUT2D eigenvalue weighted by Crippen LogP contribution is -1.93. The summed E-state index contributed by atoms with van der Waals surface area (Å²) in [6.45, 7) is 1.43. The van der Waals surface area contributed by atoms with Gasteiger partial charge in [-0.3, -0.25) is 14.8 Å². The van der Waals surface area contributed by atoms with Gasteiger partial charge in [-0.15, -0.1) is 0 Å². The number of pyridine rings is 3. The van der Waals surface area contributed by atoms with Gasteiger partial charge in [0, 0.05) is 41.3 Å². The third kappa shape index (κ3) is 2.56. The number of nitrogens with zero attached hydrogens (tertiary/aromatic N) is 4. The lowest BCUT2D eigenvalue weighted by atomic mass is 10.1. The summed E-state index contributed by atoms with van der Waals surface area (Å²) < 4.78 is 16.3. The third-order valence-corrected chi connectivity index (χ3v) is 4.32. The predicted molar refractivity (Wildman–Crippen MR) is 98.9 cm³/mol. The molecule has 0 unspecified atom stereocenters. The van der Waals surface area contributed by atoms with Crippen LogP contribution in [0.5, 0.6) is 0 Å².